The van der Waals surface area contributed by atoms with Gasteiger partial charge < -0.3 is 5.11 Å². The fourth-order valence-electron chi connectivity index (χ4n) is 2.30. The zero-order chi connectivity index (χ0) is 16.2. The van der Waals surface area contributed by atoms with Crippen LogP contribution in [0.3, 0.4) is 0 Å². The standard InChI is InChI=1S/C18H15N3O2/c1-12(20-21-18(23)14-6-4-10-19-11-14)15-9-8-13-5-2-3-7-16(13)17(15)22/h2-11,22H,1H3,(H,21,23)/b20-12-. The van der Waals surface area contributed by atoms with Gasteiger partial charge in [0.15, 0.2) is 0 Å². The van der Waals surface area contributed by atoms with E-state index in [-0.39, 0.29) is 11.7 Å². The van der Waals surface area contributed by atoms with Crippen molar-refractivity contribution in [2.75, 3.05) is 0 Å². The van der Waals surface area contributed by atoms with Gasteiger partial charge in [-0.3, -0.25) is 9.78 Å². The lowest BCUT2D eigenvalue weighted by molar-refractivity contribution is 0.0954. The van der Waals surface area contributed by atoms with Crippen LogP contribution in [0.2, 0.25) is 0 Å². The Hall–Kier alpha value is -3.21. The van der Waals surface area contributed by atoms with Crippen LogP contribution in [0, 0.1) is 0 Å². The number of phenolic OH excluding ortho intramolecular Hbond substituents is 1. The lowest BCUT2D eigenvalue weighted by Crippen LogP contribution is -2.19. The molecule has 5 heteroatoms. The zero-order valence-electron chi connectivity index (χ0n) is 12.5. The molecule has 0 aliphatic rings. The molecule has 5 nitrogen and oxygen atoms in total. The monoisotopic (exact) mass is 305 g/mol. The lowest BCUT2D eigenvalue weighted by atomic mass is 10.0. The number of pyridine rings is 1. The average molecular weight is 305 g/mol. The predicted molar refractivity (Wildman–Crippen MR) is 89.5 cm³/mol. The molecule has 1 heterocycles. The summed E-state index contributed by atoms with van der Waals surface area (Å²) in [7, 11) is 0. The number of rotatable bonds is 3. The van der Waals surface area contributed by atoms with Gasteiger partial charge in [-0.05, 0) is 30.5 Å². The molecule has 23 heavy (non-hydrogen) atoms. The van der Waals surface area contributed by atoms with Gasteiger partial charge in [0.1, 0.15) is 5.75 Å². The van der Waals surface area contributed by atoms with E-state index in [0.717, 1.165) is 10.8 Å². The molecule has 0 saturated heterocycles. The van der Waals surface area contributed by atoms with Crippen molar-refractivity contribution < 1.29 is 9.90 Å². The fraction of sp³-hybridized carbons (Fsp3) is 0.0556. The lowest BCUT2D eigenvalue weighted by Gasteiger charge is -2.08. The summed E-state index contributed by atoms with van der Waals surface area (Å²) in [5, 5.41) is 16.2. The van der Waals surface area contributed by atoms with E-state index < -0.39 is 0 Å². The van der Waals surface area contributed by atoms with Crippen LogP contribution in [-0.2, 0) is 0 Å². The Labute approximate surface area is 133 Å². The first kappa shape index (κ1) is 14.7. The molecule has 3 rings (SSSR count). The zero-order valence-corrected chi connectivity index (χ0v) is 12.5. The summed E-state index contributed by atoms with van der Waals surface area (Å²) in [6.07, 6.45) is 3.06. The number of nitrogens with zero attached hydrogens (tertiary/aromatic N) is 2. The Balaban J connectivity index is 1.87. The van der Waals surface area contributed by atoms with Gasteiger partial charge in [-0.25, -0.2) is 5.43 Å². The smallest absolute Gasteiger partial charge is 0.272 e. The van der Waals surface area contributed by atoms with E-state index in [0.29, 0.717) is 16.8 Å². The highest BCUT2D eigenvalue weighted by molar-refractivity contribution is 6.07. The maximum absolute atomic E-state index is 12.0. The summed E-state index contributed by atoms with van der Waals surface area (Å²) in [4.78, 5) is 15.8. The van der Waals surface area contributed by atoms with Crippen molar-refractivity contribution in [2.45, 2.75) is 6.92 Å². The number of phenols is 1. The molecule has 3 aromatic rings. The van der Waals surface area contributed by atoms with Gasteiger partial charge in [0.25, 0.3) is 5.91 Å². The summed E-state index contributed by atoms with van der Waals surface area (Å²) in [6, 6.07) is 14.6. The number of benzene rings is 2. The number of nitrogens with one attached hydrogen (secondary N) is 1. The van der Waals surface area contributed by atoms with E-state index in [1.165, 1.54) is 6.20 Å². The fourth-order valence-corrected chi connectivity index (χ4v) is 2.30. The molecule has 2 N–H and O–H groups in total. The highest BCUT2D eigenvalue weighted by Gasteiger charge is 2.10. The van der Waals surface area contributed by atoms with Gasteiger partial charge in [0.05, 0.1) is 11.3 Å². The quantitative estimate of drug-likeness (QED) is 0.577. The van der Waals surface area contributed by atoms with Gasteiger partial charge in [-0.15, -0.1) is 0 Å². The van der Waals surface area contributed by atoms with Crippen LogP contribution >= 0.6 is 0 Å². The van der Waals surface area contributed by atoms with Crippen molar-refractivity contribution in [3.63, 3.8) is 0 Å². The third-order valence-corrected chi connectivity index (χ3v) is 3.54. The molecule has 2 aromatic carbocycles. The van der Waals surface area contributed by atoms with Crippen LogP contribution in [0.25, 0.3) is 10.8 Å². The Morgan fingerprint density at radius 1 is 1.13 bits per heavy atom. The minimum absolute atomic E-state index is 0.153. The van der Waals surface area contributed by atoms with E-state index in [4.69, 9.17) is 0 Å². The van der Waals surface area contributed by atoms with Crippen LogP contribution in [0.4, 0.5) is 0 Å². The molecule has 0 radical (unpaired) electrons. The van der Waals surface area contributed by atoms with Crippen molar-refractivity contribution in [1.82, 2.24) is 10.4 Å². The molecule has 0 spiro atoms. The number of carbonyl (C=O) groups is 1. The number of hydrogen-bond donors (Lipinski definition) is 2. The molecule has 0 unspecified atom stereocenters. The average Bonchev–Trinajstić information content (AvgIpc) is 2.60. The second kappa shape index (κ2) is 6.27. The second-order valence-corrected chi connectivity index (χ2v) is 5.06. The predicted octanol–water partition coefficient (Wildman–Crippen LogP) is 3.09. The molecule has 1 amide bonds. The molecule has 0 fully saturated rings. The molecule has 0 aliphatic carbocycles. The molecule has 1 aromatic heterocycles. The first-order valence-electron chi connectivity index (χ1n) is 7.12. The molecule has 0 atom stereocenters. The first-order chi connectivity index (χ1) is 11.2. The maximum atomic E-state index is 12.0. The minimum Gasteiger partial charge on any atom is -0.507 e. The summed E-state index contributed by atoms with van der Waals surface area (Å²) >= 11 is 0. The molecule has 0 bridgehead atoms. The van der Waals surface area contributed by atoms with E-state index in [9.17, 15) is 9.90 Å². The number of carbonyl (C=O) groups excluding carboxylic acids is 1. The number of hydrazone groups is 1. The Bertz CT molecular complexity index is 889. The van der Waals surface area contributed by atoms with Crippen LogP contribution in [0.1, 0.15) is 22.8 Å². The van der Waals surface area contributed by atoms with Gasteiger partial charge >= 0.3 is 0 Å². The highest BCUT2D eigenvalue weighted by atomic mass is 16.3. The summed E-state index contributed by atoms with van der Waals surface area (Å²) in [5.41, 5.74) is 3.99. The molecule has 0 aliphatic heterocycles. The van der Waals surface area contributed by atoms with Crippen molar-refractivity contribution in [3.05, 3.63) is 72.1 Å². The maximum Gasteiger partial charge on any atom is 0.272 e. The molecular weight excluding hydrogens is 290 g/mol. The molecule has 114 valence electrons. The minimum atomic E-state index is -0.349. The highest BCUT2D eigenvalue weighted by Crippen LogP contribution is 2.28. The summed E-state index contributed by atoms with van der Waals surface area (Å²) in [5.74, 6) is -0.197. The molecule has 0 saturated carbocycles. The third-order valence-electron chi connectivity index (χ3n) is 3.54. The van der Waals surface area contributed by atoms with Gasteiger partial charge in [0, 0.05) is 23.3 Å². The first-order valence-corrected chi connectivity index (χ1v) is 7.12. The van der Waals surface area contributed by atoms with E-state index in [2.05, 4.69) is 15.5 Å². The SMILES string of the molecule is C/C(=N/NC(=O)c1cccnc1)c1ccc2ccccc2c1O. The van der Waals surface area contributed by atoms with Crippen LogP contribution < -0.4 is 5.43 Å². The van der Waals surface area contributed by atoms with Crippen LogP contribution in [0.5, 0.6) is 5.75 Å². The van der Waals surface area contributed by atoms with Crippen molar-refractivity contribution >= 4 is 22.4 Å². The van der Waals surface area contributed by atoms with Gasteiger partial charge in [-0.2, -0.15) is 5.10 Å². The topological polar surface area (TPSA) is 74.6 Å². The Morgan fingerprint density at radius 3 is 2.74 bits per heavy atom. The largest absolute Gasteiger partial charge is 0.507 e. The number of aromatic hydroxyl groups is 1. The van der Waals surface area contributed by atoms with Crippen molar-refractivity contribution in [1.29, 1.82) is 0 Å². The van der Waals surface area contributed by atoms with Crippen LogP contribution in [0.15, 0.2) is 66.0 Å². The number of aromatic nitrogens is 1. The van der Waals surface area contributed by atoms with Gasteiger partial charge in [0.2, 0.25) is 0 Å². The van der Waals surface area contributed by atoms with E-state index in [1.54, 1.807) is 31.3 Å². The van der Waals surface area contributed by atoms with Crippen molar-refractivity contribution in [3.8, 4) is 5.75 Å². The third kappa shape index (κ3) is 3.03. The van der Waals surface area contributed by atoms with Gasteiger partial charge in [-0.1, -0.05) is 30.3 Å². The van der Waals surface area contributed by atoms with Crippen molar-refractivity contribution in [2.24, 2.45) is 5.10 Å². The molecular formula is C18H15N3O2. The second-order valence-electron chi connectivity index (χ2n) is 5.06. The summed E-state index contributed by atoms with van der Waals surface area (Å²) in [6.45, 7) is 1.73. The van der Waals surface area contributed by atoms with E-state index >= 15 is 0 Å². The number of amides is 1. The van der Waals surface area contributed by atoms with Crippen LogP contribution in [-0.4, -0.2) is 21.7 Å². The summed E-state index contributed by atoms with van der Waals surface area (Å²) < 4.78 is 0. The Morgan fingerprint density at radius 2 is 1.96 bits per heavy atom. The van der Waals surface area contributed by atoms with E-state index in [1.807, 2.05) is 30.3 Å². The number of fused-ring (bicyclic) bond motifs is 1. The number of hydrogen-bond acceptors (Lipinski definition) is 4. The normalized spacial score (nSPS) is 11.4. The Kier molecular flexibility index (Phi) is 4.01.